The van der Waals surface area contributed by atoms with Gasteiger partial charge in [-0.15, -0.1) is 0 Å². The normalized spacial score (nSPS) is 27.2. The van der Waals surface area contributed by atoms with Crippen molar-refractivity contribution in [3.8, 4) is 0 Å². The van der Waals surface area contributed by atoms with E-state index in [2.05, 4.69) is 26.1 Å². The summed E-state index contributed by atoms with van der Waals surface area (Å²) in [5, 5.41) is 12.2. The number of nitrogens with one attached hydrogen (secondary N) is 1. The Labute approximate surface area is 97.4 Å². The van der Waals surface area contributed by atoms with E-state index in [9.17, 15) is 4.79 Å². The first-order valence-corrected chi connectivity index (χ1v) is 6.10. The molecule has 1 aliphatic rings. The maximum Gasteiger partial charge on any atom is 0.332 e. The van der Waals surface area contributed by atoms with Crippen LogP contribution in [0.15, 0.2) is 0 Å². The van der Waals surface area contributed by atoms with Crippen LogP contribution in [-0.2, 0) is 9.53 Å². The molecule has 4 nitrogen and oxygen atoms in total. The van der Waals surface area contributed by atoms with Crippen molar-refractivity contribution in [2.45, 2.75) is 58.3 Å². The molecule has 94 valence electrons. The van der Waals surface area contributed by atoms with E-state index in [0.717, 1.165) is 19.4 Å². The molecule has 16 heavy (non-hydrogen) atoms. The molecular formula is C12H23NO3. The van der Waals surface area contributed by atoms with Crippen molar-refractivity contribution in [2.75, 3.05) is 6.54 Å². The van der Waals surface area contributed by atoms with Gasteiger partial charge in [0.15, 0.2) is 6.10 Å². The minimum absolute atomic E-state index is 0.0655. The van der Waals surface area contributed by atoms with Gasteiger partial charge < -0.3 is 15.2 Å². The third-order valence-electron chi connectivity index (χ3n) is 2.90. The molecule has 1 rings (SSSR count). The van der Waals surface area contributed by atoms with Crippen LogP contribution in [-0.4, -0.2) is 35.9 Å². The molecule has 1 heterocycles. The molecule has 0 aromatic heterocycles. The zero-order valence-electron chi connectivity index (χ0n) is 10.4. The van der Waals surface area contributed by atoms with Crippen LogP contribution < -0.4 is 5.32 Å². The second-order valence-corrected chi connectivity index (χ2v) is 5.10. The molecule has 1 saturated heterocycles. The Hall–Kier alpha value is -0.610. The standard InChI is InChI=1S/C12H23NO3/c1-8(2)6-9(3)13-7-10-4-5-11(16-10)12(14)15/h8-11,13H,4-7H2,1-3H3,(H,14,15). The molecule has 3 unspecified atom stereocenters. The number of rotatable bonds is 6. The molecule has 4 heteroatoms. The second kappa shape index (κ2) is 6.21. The molecule has 1 aliphatic heterocycles. The van der Waals surface area contributed by atoms with E-state index in [4.69, 9.17) is 9.84 Å². The third kappa shape index (κ3) is 4.49. The highest BCUT2D eigenvalue weighted by atomic mass is 16.5. The van der Waals surface area contributed by atoms with Gasteiger partial charge in [-0.25, -0.2) is 4.79 Å². The molecule has 0 aromatic rings. The fourth-order valence-electron chi connectivity index (χ4n) is 2.16. The lowest BCUT2D eigenvalue weighted by Crippen LogP contribution is -2.35. The number of carbonyl (C=O) groups is 1. The predicted octanol–water partition coefficient (Wildman–Crippen LogP) is 1.64. The highest BCUT2D eigenvalue weighted by Gasteiger charge is 2.30. The van der Waals surface area contributed by atoms with Crippen molar-refractivity contribution in [3.63, 3.8) is 0 Å². The van der Waals surface area contributed by atoms with Gasteiger partial charge in [-0.1, -0.05) is 13.8 Å². The van der Waals surface area contributed by atoms with Crippen molar-refractivity contribution in [3.05, 3.63) is 0 Å². The summed E-state index contributed by atoms with van der Waals surface area (Å²) in [7, 11) is 0. The zero-order chi connectivity index (χ0) is 12.1. The third-order valence-corrected chi connectivity index (χ3v) is 2.90. The number of hydrogen-bond acceptors (Lipinski definition) is 3. The largest absolute Gasteiger partial charge is 0.479 e. The van der Waals surface area contributed by atoms with Crippen molar-refractivity contribution in [1.82, 2.24) is 5.32 Å². The van der Waals surface area contributed by atoms with E-state index in [1.54, 1.807) is 0 Å². The first kappa shape index (κ1) is 13.5. The van der Waals surface area contributed by atoms with Crippen LogP contribution in [0.25, 0.3) is 0 Å². The van der Waals surface area contributed by atoms with E-state index in [-0.39, 0.29) is 6.10 Å². The summed E-state index contributed by atoms with van der Waals surface area (Å²) < 4.78 is 5.42. The zero-order valence-corrected chi connectivity index (χ0v) is 10.4. The molecule has 0 aliphatic carbocycles. The van der Waals surface area contributed by atoms with Gasteiger partial charge in [0.1, 0.15) is 0 Å². The van der Waals surface area contributed by atoms with Gasteiger partial charge in [0, 0.05) is 12.6 Å². The molecule has 0 bridgehead atoms. The van der Waals surface area contributed by atoms with Crippen molar-refractivity contribution >= 4 is 5.97 Å². The van der Waals surface area contributed by atoms with E-state index < -0.39 is 12.1 Å². The summed E-state index contributed by atoms with van der Waals surface area (Å²) in [6, 6.07) is 0.465. The van der Waals surface area contributed by atoms with Gasteiger partial charge in [0.25, 0.3) is 0 Å². The lowest BCUT2D eigenvalue weighted by atomic mass is 10.1. The monoisotopic (exact) mass is 229 g/mol. The van der Waals surface area contributed by atoms with Crippen molar-refractivity contribution in [1.29, 1.82) is 0 Å². The molecule has 2 N–H and O–H groups in total. The fourth-order valence-corrected chi connectivity index (χ4v) is 2.16. The lowest BCUT2D eigenvalue weighted by Gasteiger charge is -2.18. The van der Waals surface area contributed by atoms with Gasteiger partial charge >= 0.3 is 5.97 Å². The number of hydrogen-bond donors (Lipinski definition) is 2. The Kier molecular flexibility index (Phi) is 5.22. The molecule has 0 saturated carbocycles. The fraction of sp³-hybridized carbons (Fsp3) is 0.917. The first-order valence-electron chi connectivity index (χ1n) is 6.10. The topological polar surface area (TPSA) is 58.6 Å². The van der Waals surface area contributed by atoms with Crippen LogP contribution in [0.4, 0.5) is 0 Å². The minimum Gasteiger partial charge on any atom is -0.479 e. The van der Waals surface area contributed by atoms with E-state index >= 15 is 0 Å². The SMILES string of the molecule is CC(C)CC(C)NCC1CCC(C(=O)O)O1. The van der Waals surface area contributed by atoms with E-state index in [1.165, 1.54) is 0 Å². The van der Waals surface area contributed by atoms with Crippen LogP contribution in [0.1, 0.15) is 40.0 Å². The quantitative estimate of drug-likeness (QED) is 0.727. The van der Waals surface area contributed by atoms with Gasteiger partial charge in [0.05, 0.1) is 6.10 Å². The maximum atomic E-state index is 10.7. The first-order chi connectivity index (χ1) is 7.49. The number of carboxylic acid groups (broad SMARTS) is 1. The predicted molar refractivity (Wildman–Crippen MR) is 62.5 cm³/mol. The highest BCUT2D eigenvalue weighted by Crippen LogP contribution is 2.19. The van der Waals surface area contributed by atoms with E-state index in [0.29, 0.717) is 18.4 Å². The Morgan fingerprint density at radius 1 is 1.44 bits per heavy atom. The molecule has 0 radical (unpaired) electrons. The van der Waals surface area contributed by atoms with E-state index in [1.807, 2.05) is 0 Å². The maximum absolute atomic E-state index is 10.7. The van der Waals surface area contributed by atoms with Gasteiger partial charge in [-0.3, -0.25) is 0 Å². The Morgan fingerprint density at radius 3 is 2.62 bits per heavy atom. The van der Waals surface area contributed by atoms with Crippen LogP contribution in [0.3, 0.4) is 0 Å². The molecule has 0 amide bonds. The molecule has 1 fully saturated rings. The number of aliphatic carboxylic acids is 1. The summed E-state index contributed by atoms with van der Waals surface area (Å²) in [5.41, 5.74) is 0. The van der Waals surface area contributed by atoms with Crippen LogP contribution in [0.2, 0.25) is 0 Å². The van der Waals surface area contributed by atoms with Gasteiger partial charge in [-0.05, 0) is 32.1 Å². The summed E-state index contributed by atoms with van der Waals surface area (Å²) in [6.07, 6.45) is 2.09. The van der Waals surface area contributed by atoms with Crippen molar-refractivity contribution in [2.24, 2.45) is 5.92 Å². The Morgan fingerprint density at radius 2 is 2.12 bits per heavy atom. The molecule has 0 aromatic carbocycles. The number of ether oxygens (including phenoxy) is 1. The van der Waals surface area contributed by atoms with Crippen molar-refractivity contribution < 1.29 is 14.6 Å². The van der Waals surface area contributed by atoms with Gasteiger partial charge in [0.2, 0.25) is 0 Å². The Balaban J connectivity index is 2.17. The minimum atomic E-state index is -0.835. The second-order valence-electron chi connectivity index (χ2n) is 5.10. The smallest absolute Gasteiger partial charge is 0.332 e. The van der Waals surface area contributed by atoms with Crippen LogP contribution in [0.5, 0.6) is 0 Å². The van der Waals surface area contributed by atoms with Gasteiger partial charge in [-0.2, -0.15) is 0 Å². The average molecular weight is 229 g/mol. The van der Waals surface area contributed by atoms with Crippen LogP contribution >= 0.6 is 0 Å². The summed E-state index contributed by atoms with van der Waals surface area (Å²) >= 11 is 0. The Bertz CT molecular complexity index is 230. The lowest BCUT2D eigenvalue weighted by molar-refractivity contribution is -0.149. The van der Waals surface area contributed by atoms with Crippen LogP contribution in [0, 0.1) is 5.92 Å². The number of carboxylic acids is 1. The molecule has 3 atom stereocenters. The highest BCUT2D eigenvalue weighted by molar-refractivity contribution is 5.72. The summed E-state index contributed by atoms with van der Waals surface area (Å²) in [4.78, 5) is 10.7. The summed E-state index contributed by atoms with van der Waals surface area (Å²) in [6.45, 7) is 7.32. The average Bonchev–Trinajstić information content (AvgIpc) is 2.61. The molecule has 0 spiro atoms. The molecular weight excluding hydrogens is 206 g/mol. The summed E-state index contributed by atoms with van der Waals surface area (Å²) in [5.74, 6) is -0.156.